The van der Waals surface area contributed by atoms with Crippen LogP contribution in [-0.2, 0) is 4.74 Å². The number of rotatable bonds is 5. The molecule has 1 rings (SSSR count). The lowest BCUT2D eigenvalue weighted by Crippen LogP contribution is -2.30. The second-order valence-corrected chi connectivity index (χ2v) is 3.71. The van der Waals surface area contributed by atoms with E-state index in [-0.39, 0.29) is 19.3 Å². The minimum atomic E-state index is -0.0487. The first-order valence-electron chi connectivity index (χ1n) is 5.21. The van der Waals surface area contributed by atoms with Crippen molar-refractivity contribution in [2.75, 3.05) is 19.8 Å². The molecule has 0 aromatic carbocycles. The maximum absolute atomic E-state index is 9.10. The molecule has 0 bridgehead atoms. The monoisotopic (exact) mass is 188 g/mol. The zero-order valence-electron chi connectivity index (χ0n) is 8.11. The number of aliphatic hydroxyl groups excluding tert-OH is 2. The maximum atomic E-state index is 9.10. The Kier molecular flexibility index (Phi) is 5.35. The molecule has 13 heavy (non-hydrogen) atoms. The van der Waals surface area contributed by atoms with Crippen LogP contribution in [0.2, 0.25) is 0 Å². The molecule has 0 heterocycles. The second-order valence-electron chi connectivity index (χ2n) is 3.71. The van der Waals surface area contributed by atoms with Gasteiger partial charge in [0.25, 0.3) is 0 Å². The van der Waals surface area contributed by atoms with Gasteiger partial charge in [-0.3, -0.25) is 0 Å². The molecule has 0 amide bonds. The standard InChI is InChI=1S/C10H20O3/c11-6-7-13-10(8-12)9-4-2-1-3-5-9/h9-12H,1-8H2. The van der Waals surface area contributed by atoms with Gasteiger partial charge < -0.3 is 14.9 Å². The van der Waals surface area contributed by atoms with Crippen molar-refractivity contribution in [3.8, 4) is 0 Å². The Balaban J connectivity index is 2.26. The zero-order chi connectivity index (χ0) is 9.52. The van der Waals surface area contributed by atoms with Gasteiger partial charge in [0.15, 0.2) is 0 Å². The van der Waals surface area contributed by atoms with Crippen LogP contribution in [0.5, 0.6) is 0 Å². The van der Waals surface area contributed by atoms with Crippen LogP contribution in [0.4, 0.5) is 0 Å². The van der Waals surface area contributed by atoms with Gasteiger partial charge in [-0.15, -0.1) is 0 Å². The highest BCUT2D eigenvalue weighted by molar-refractivity contribution is 4.73. The lowest BCUT2D eigenvalue weighted by molar-refractivity contribution is -0.0436. The first kappa shape index (κ1) is 11.0. The third-order valence-electron chi connectivity index (χ3n) is 2.78. The van der Waals surface area contributed by atoms with Gasteiger partial charge in [-0.1, -0.05) is 19.3 Å². The lowest BCUT2D eigenvalue weighted by Gasteiger charge is -2.28. The molecule has 0 spiro atoms. The molecule has 1 fully saturated rings. The summed E-state index contributed by atoms with van der Waals surface area (Å²) in [5.41, 5.74) is 0. The molecule has 0 aromatic rings. The minimum Gasteiger partial charge on any atom is -0.394 e. The van der Waals surface area contributed by atoms with Crippen molar-refractivity contribution >= 4 is 0 Å². The SMILES string of the molecule is OCCOC(CO)C1CCCCC1. The summed E-state index contributed by atoms with van der Waals surface area (Å²) in [6, 6.07) is 0. The molecule has 78 valence electrons. The summed E-state index contributed by atoms with van der Waals surface area (Å²) in [6.45, 7) is 0.482. The van der Waals surface area contributed by atoms with Gasteiger partial charge >= 0.3 is 0 Å². The number of ether oxygens (including phenoxy) is 1. The molecule has 0 radical (unpaired) electrons. The molecule has 1 unspecified atom stereocenters. The number of hydrogen-bond donors (Lipinski definition) is 2. The van der Waals surface area contributed by atoms with E-state index >= 15 is 0 Å². The molecule has 2 N–H and O–H groups in total. The van der Waals surface area contributed by atoms with Crippen LogP contribution in [-0.4, -0.2) is 36.1 Å². The molecule has 0 saturated heterocycles. The Labute approximate surface area is 79.7 Å². The summed E-state index contributed by atoms with van der Waals surface area (Å²) in [5.74, 6) is 0.505. The second kappa shape index (κ2) is 6.35. The number of hydrogen-bond acceptors (Lipinski definition) is 3. The fourth-order valence-electron chi connectivity index (χ4n) is 2.05. The van der Waals surface area contributed by atoms with Gasteiger partial charge in [-0.25, -0.2) is 0 Å². The summed E-state index contributed by atoms with van der Waals surface area (Å²) < 4.78 is 5.38. The smallest absolute Gasteiger partial charge is 0.0834 e. The van der Waals surface area contributed by atoms with Gasteiger partial charge in [-0.05, 0) is 18.8 Å². The highest BCUT2D eigenvalue weighted by atomic mass is 16.5. The van der Waals surface area contributed by atoms with Gasteiger partial charge in [-0.2, -0.15) is 0 Å². The van der Waals surface area contributed by atoms with Gasteiger partial charge in [0.1, 0.15) is 0 Å². The zero-order valence-corrected chi connectivity index (χ0v) is 8.11. The molecule has 1 aliphatic carbocycles. The lowest BCUT2D eigenvalue weighted by atomic mass is 9.85. The Morgan fingerprint density at radius 3 is 2.38 bits per heavy atom. The van der Waals surface area contributed by atoms with Gasteiger partial charge in [0.2, 0.25) is 0 Å². The maximum Gasteiger partial charge on any atom is 0.0834 e. The Hall–Kier alpha value is -0.120. The average Bonchev–Trinajstić information content (AvgIpc) is 2.21. The molecule has 0 aromatic heterocycles. The quantitative estimate of drug-likeness (QED) is 0.675. The van der Waals surface area contributed by atoms with Crippen LogP contribution in [0.1, 0.15) is 32.1 Å². The third kappa shape index (κ3) is 3.63. The van der Waals surface area contributed by atoms with E-state index in [1.165, 1.54) is 19.3 Å². The van der Waals surface area contributed by atoms with Crippen molar-refractivity contribution in [3.05, 3.63) is 0 Å². The van der Waals surface area contributed by atoms with Crippen molar-refractivity contribution < 1.29 is 14.9 Å². The Bertz CT molecular complexity index is 121. The van der Waals surface area contributed by atoms with Crippen LogP contribution < -0.4 is 0 Å². The number of aliphatic hydroxyl groups is 2. The topological polar surface area (TPSA) is 49.7 Å². The Morgan fingerprint density at radius 2 is 1.85 bits per heavy atom. The molecule has 1 aliphatic rings. The molecule has 0 aliphatic heterocycles. The first-order chi connectivity index (χ1) is 6.38. The fraction of sp³-hybridized carbons (Fsp3) is 1.00. The van der Waals surface area contributed by atoms with E-state index in [1.807, 2.05) is 0 Å². The van der Waals surface area contributed by atoms with Crippen LogP contribution in [0, 0.1) is 5.92 Å². The van der Waals surface area contributed by atoms with Crippen LogP contribution >= 0.6 is 0 Å². The van der Waals surface area contributed by atoms with E-state index in [0.29, 0.717) is 12.5 Å². The Morgan fingerprint density at radius 1 is 1.15 bits per heavy atom. The largest absolute Gasteiger partial charge is 0.394 e. The minimum absolute atomic E-state index is 0.0449. The molecule has 3 nitrogen and oxygen atoms in total. The van der Waals surface area contributed by atoms with Gasteiger partial charge in [0.05, 0.1) is 25.9 Å². The van der Waals surface area contributed by atoms with Crippen molar-refractivity contribution in [1.29, 1.82) is 0 Å². The van der Waals surface area contributed by atoms with E-state index in [9.17, 15) is 0 Å². The predicted octanol–water partition coefficient (Wildman–Crippen LogP) is 0.936. The third-order valence-corrected chi connectivity index (χ3v) is 2.78. The highest BCUT2D eigenvalue weighted by Crippen LogP contribution is 2.27. The predicted molar refractivity (Wildman–Crippen MR) is 50.5 cm³/mol. The van der Waals surface area contributed by atoms with Crippen molar-refractivity contribution in [3.63, 3.8) is 0 Å². The van der Waals surface area contributed by atoms with Crippen molar-refractivity contribution in [2.45, 2.75) is 38.2 Å². The summed E-state index contributed by atoms with van der Waals surface area (Å²) in [7, 11) is 0. The molecule has 1 atom stereocenters. The summed E-state index contributed by atoms with van der Waals surface area (Å²) in [5, 5.41) is 17.7. The van der Waals surface area contributed by atoms with Gasteiger partial charge in [0, 0.05) is 0 Å². The van der Waals surface area contributed by atoms with E-state index in [1.54, 1.807) is 0 Å². The van der Waals surface area contributed by atoms with Crippen molar-refractivity contribution in [2.24, 2.45) is 5.92 Å². The normalized spacial score (nSPS) is 21.7. The van der Waals surface area contributed by atoms with Crippen LogP contribution in [0.25, 0.3) is 0 Å². The van der Waals surface area contributed by atoms with Crippen LogP contribution in [0.3, 0.4) is 0 Å². The van der Waals surface area contributed by atoms with E-state index < -0.39 is 0 Å². The van der Waals surface area contributed by atoms with E-state index in [4.69, 9.17) is 14.9 Å². The average molecular weight is 188 g/mol. The molecular weight excluding hydrogens is 168 g/mol. The van der Waals surface area contributed by atoms with E-state index in [0.717, 1.165) is 12.8 Å². The van der Waals surface area contributed by atoms with Crippen LogP contribution in [0.15, 0.2) is 0 Å². The highest BCUT2D eigenvalue weighted by Gasteiger charge is 2.23. The summed E-state index contributed by atoms with van der Waals surface area (Å²) >= 11 is 0. The fourth-order valence-corrected chi connectivity index (χ4v) is 2.05. The molecule has 1 saturated carbocycles. The molecule has 3 heteroatoms. The summed E-state index contributed by atoms with van der Waals surface area (Å²) in [4.78, 5) is 0. The summed E-state index contributed by atoms with van der Waals surface area (Å²) in [6.07, 6.45) is 6.10. The van der Waals surface area contributed by atoms with Crippen molar-refractivity contribution in [1.82, 2.24) is 0 Å². The first-order valence-corrected chi connectivity index (χ1v) is 5.21. The van der Waals surface area contributed by atoms with E-state index in [2.05, 4.69) is 0 Å². The molecular formula is C10H20O3.